The van der Waals surface area contributed by atoms with Crippen molar-refractivity contribution in [2.45, 2.75) is 13.5 Å². The van der Waals surface area contributed by atoms with E-state index in [-0.39, 0.29) is 5.69 Å². The largest absolute Gasteiger partial charge is 0.456 e. The van der Waals surface area contributed by atoms with Gasteiger partial charge in [0.25, 0.3) is 5.69 Å². The van der Waals surface area contributed by atoms with Gasteiger partial charge < -0.3 is 10.5 Å². The third-order valence-corrected chi connectivity index (χ3v) is 3.43. The molecule has 0 aliphatic rings. The van der Waals surface area contributed by atoms with Gasteiger partial charge in [0.2, 0.25) is 0 Å². The lowest BCUT2D eigenvalue weighted by Crippen LogP contribution is -1.97. The highest BCUT2D eigenvalue weighted by Gasteiger charge is 2.15. The van der Waals surface area contributed by atoms with E-state index in [1.807, 2.05) is 24.3 Å². The Labute approximate surface area is 124 Å². The summed E-state index contributed by atoms with van der Waals surface area (Å²) in [7, 11) is 0. The quantitative estimate of drug-likeness (QED) is 0.677. The van der Waals surface area contributed by atoms with Crippen LogP contribution >= 0.6 is 15.9 Å². The zero-order valence-corrected chi connectivity index (χ0v) is 12.4. The maximum Gasteiger partial charge on any atom is 0.273 e. The number of nitro benzene ring substituents is 1. The fraction of sp³-hybridized carbons (Fsp3) is 0.143. The first-order valence-electron chi connectivity index (χ1n) is 5.92. The molecule has 20 heavy (non-hydrogen) atoms. The summed E-state index contributed by atoms with van der Waals surface area (Å²) in [6, 6.07) is 10.5. The van der Waals surface area contributed by atoms with Crippen molar-refractivity contribution in [2.24, 2.45) is 5.73 Å². The second-order valence-corrected chi connectivity index (χ2v) is 5.13. The van der Waals surface area contributed by atoms with Crippen molar-refractivity contribution >= 4 is 21.6 Å². The van der Waals surface area contributed by atoms with Gasteiger partial charge in [-0.05, 0) is 46.6 Å². The molecule has 104 valence electrons. The fourth-order valence-electron chi connectivity index (χ4n) is 1.78. The lowest BCUT2D eigenvalue weighted by atomic mass is 10.2. The first-order chi connectivity index (χ1) is 9.51. The molecule has 0 saturated carbocycles. The molecule has 0 unspecified atom stereocenters. The molecular weight excluding hydrogens is 324 g/mol. The van der Waals surface area contributed by atoms with Gasteiger partial charge in [-0.3, -0.25) is 10.1 Å². The highest BCUT2D eigenvalue weighted by molar-refractivity contribution is 9.10. The number of benzene rings is 2. The Bertz CT molecular complexity index is 659. The molecule has 0 saturated heterocycles. The van der Waals surface area contributed by atoms with Crippen LogP contribution in [0.15, 0.2) is 40.9 Å². The lowest BCUT2D eigenvalue weighted by Gasteiger charge is -2.10. The maximum atomic E-state index is 10.9. The van der Waals surface area contributed by atoms with Gasteiger partial charge in [-0.1, -0.05) is 12.1 Å². The Kier molecular flexibility index (Phi) is 4.36. The molecule has 5 nitrogen and oxygen atoms in total. The van der Waals surface area contributed by atoms with Crippen LogP contribution in [0.2, 0.25) is 0 Å². The van der Waals surface area contributed by atoms with Crippen LogP contribution in [0.3, 0.4) is 0 Å². The number of nitro groups is 1. The maximum absolute atomic E-state index is 10.9. The highest BCUT2D eigenvalue weighted by atomic mass is 79.9. The highest BCUT2D eigenvalue weighted by Crippen LogP contribution is 2.35. The van der Waals surface area contributed by atoms with Gasteiger partial charge in [-0.15, -0.1) is 0 Å². The van der Waals surface area contributed by atoms with Gasteiger partial charge in [0, 0.05) is 18.2 Å². The summed E-state index contributed by atoms with van der Waals surface area (Å²) in [6.07, 6.45) is 0. The number of halogens is 1. The summed E-state index contributed by atoms with van der Waals surface area (Å²) in [5, 5.41) is 10.9. The van der Waals surface area contributed by atoms with E-state index in [2.05, 4.69) is 15.9 Å². The van der Waals surface area contributed by atoms with E-state index in [1.54, 1.807) is 13.0 Å². The minimum atomic E-state index is -0.418. The van der Waals surface area contributed by atoms with E-state index in [1.165, 1.54) is 6.07 Å². The standard InChI is InChI=1S/C14H13BrN2O3/c1-9-5-14(12(15)7-13(9)17(18)19)20-11-4-2-3-10(6-11)8-16/h2-7H,8,16H2,1H3. The third kappa shape index (κ3) is 3.15. The van der Waals surface area contributed by atoms with Crippen LogP contribution in [-0.4, -0.2) is 4.92 Å². The molecule has 0 aliphatic heterocycles. The molecule has 0 heterocycles. The van der Waals surface area contributed by atoms with Crippen LogP contribution in [0.1, 0.15) is 11.1 Å². The number of nitrogens with zero attached hydrogens (tertiary/aromatic N) is 1. The third-order valence-electron chi connectivity index (χ3n) is 2.81. The van der Waals surface area contributed by atoms with Gasteiger partial charge in [0.1, 0.15) is 11.5 Å². The first kappa shape index (κ1) is 14.5. The Morgan fingerprint density at radius 3 is 2.75 bits per heavy atom. The molecule has 6 heteroatoms. The second kappa shape index (κ2) is 6.02. The van der Waals surface area contributed by atoms with Crippen molar-refractivity contribution in [3.63, 3.8) is 0 Å². The Balaban J connectivity index is 2.34. The summed E-state index contributed by atoms with van der Waals surface area (Å²) in [5.74, 6) is 1.17. The van der Waals surface area contributed by atoms with Crippen LogP contribution in [0.5, 0.6) is 11.5 Å². The molecule has 0 fully saturated rings. The van der Waals surface area contributed by atoms with Gasteiger partial charge in [-0.2, -0.15) is 0 Å². The number of hydrogen-bond donors (Lipinski definition) is 1. The van der Waals surface area contributed by atoms with Gasteiger partial charge in [0.15, 0.2) is 0 Å². The fourth-order valence-corrected chi connectivity index (χ4v) is 2.19. The van der Waals surface area contributed by atoms with Crippen molar-refractivity contribution in [3.8, 4) is 11.5 Å². The second-order valence-electron chi connectivity index (χ2n) is 4.28. The molecule has 0 spiro atoms. The molecule has 2 N–H and O–H groups in total. The summed E-state index contributed by atoms with van der Waals surface area (Å²) in [4.78, 5) is 10.4. The minimum Gasteiger partial charge on any atom is -0.456 e. The summed E-state index contributed by atoms with van der Waals surface area (Å²) < 4.78 is 6.28. The smallest absolute Gasteiger partial charge is 0.273 e. The number of ether oxygens (including phenoxy) is 1. The Hall–Kier alpha value is -1.92. The topological polar surface area (TPSA) is 78.4 Å². The Morgan fingerprint density at radius 1 is 1.35 bits per heavy atom. The molecule has 0 aromatic heterocycles. The monoisotopic (exact) mass is 336 g/mol. The van der Waals surface area contributed by atoms with E-state index >= 15 is 0 Å². The van der Waals surface area contributed by atoms with E-state index in [0.717, 1.165) is 5.56 Å². The molecular formula is C14H13BrN2O3. The summed E-state index contributed by atoms with van der Waals surface area (Å²) in [6.45, 7) is 2.10. The summed E-state index contributed by atoms with van der Waals surface area (Å²) >= 11 is 3.29. The van der Waals surface area contributed by atoms with Crippen molar-refractivity contribution < 1.29 is 9.66 Å². The Morgan fingerprint density at radius 2 is 2.10 bits per heavy atom. The number of rotatable bonds is 4. The van der Waals surface area contributed by atoms with Gasteiger partial charge >= 0.3 is 0 Å². The van der Waals surface area contributed by atoms with E-state index < -0.39 is 4.92 Å². The van der Waals surface area contributed by atoms with Crippen molar-refractivity contribution in [2.75, 3.05) is 0 Å². The van der Waals surface area contributed by atoms with Gasteiger partial charge in [0.05, 0.1) is 9.40 Å². The molecule has 2 aromatic carbocycles. The average Bonchev–Trinajstić information content (AvgIpc) is 2.42. The molecule has 0 atom stereocenters. The summed E-state index contributed by atoms with van der Waals surface area (Å²) in [5.41, 5.74) is 7.14. The number of nitrogens with two attached hydrogens (primary N) is 1. The average molecular weight is 337 g/mol. The molecule has 2 rings (SSSR count). The van der Waals surface area contributed by atoms with Crippen LogP contribution < -0.4 is 10.5 Å². The van der Waals surface area contributed by atoms with Crippen LogP contribution in [0.4, 0.5) is 5.69 Å². The minimum absolute atomic E-state index is 0.0555. The number of aryl methyl sites for hydroxylation is 1. The predicted octanol–water partition coefficient (Wildman–Crippen LogP) is 3.92. The molecule has 0 bridgehead atoms. The first-order valence-corrected chi connectivity index (χ1v) is 6.72. The predicted molar refractivity (Wildman–Crippen MR) is 79.9 cm³/mol. The van der Waals surface area contributed by atoms with Crippen molar-refractivity contribution in [1.82, 2.24) is 0 Å². The van der Waals surface area contributed by atoms with Crippen LogP contribution in [0, 0.1) is 17.0 Å². The van der Waals surface area contributed by atoms with Crippen molar-refractivity contribution in [3.05, 3.63) is 62.1 Å². The molecule has 0 radical (unpaired) electrons. The molecule has 0 aliphatic carbocycles. The molecule has 0 amide bonds. The lowest BCUT2D eigenvalue weighted by molar-refractivity contribution is -0.385. The van der Waals surface area contributed by atoms with Crippen LogP contribution in [-0.2, 0) is 6.54 Å². The van der Waals surface area contributed by atoms with E-state index in [0.29, 0.717) is 28.1 Å². The van der Waals surface area contributed by atoms with Crippen molar-refractivity contribution in [1.29, 1.82) is 0 Å². The zero-order chi connectivity index (χ0) is 14.7. The zero-order valence-electron chi connectivity index (χ0n) is 10.8. The van der Waals surface area contributed by atoms with Crippen LogP contribution in [0.25, 0.3) is 0 Å². The van der Waals surface area contributed by atoms with E-state index in [9.17, 15) is 10.1 Å². The normalized spacial score (nSPS) is 10.3. The SMILES string of the molecule is Cc1cc(Oc2cccc(CN)c2)c(Br)cc1[N+](=O)[O-]. The van der Waals surface area contributed by atoms with E-state index in [4.69, 9.17) is 10.5 Å². The number of hydrogen-bond acceptors (Lipinski definition) is 4. The van der Waals surface area contributed by atoms with Gasteiger partial charge in [-0.25, -0.2) is 0 Å². The molecule has 2 aromatic rings.